The van der Waals surface area contributed by atoms with Crippen LogP contribution in [0.15, 0.2) is 0 Å². The second kappa shape index (κ2) is 8.48. The van der Waals surface area contributed by atoms with Gasteiger partial charge in [0, 0.05) is 0 Å². The van der Waals surface area contributed by atoms with E-state index in [2.05, 4.69) is 6.92 Å². The summed E-state index contributed by atoms with van der Waals surface area (Å²) in [7, 11) is 0. The Morgan fingerprint density at radius 1 is 0.923 bits per heavy atom. The number of aliphatic hydroxyl groups is 3. The second-order valence-electron chi connectivity index (χ2n) is 3.52. The highest BCUT2D eigenvalue weighted by molar-refractivity contribution is 4.65. The number of hydrogen-bond acceptors (Lipinski definition) is 3. The molecule has 0 heterocycles. The summed E-state index contributed by atoms with van der Waals surface area (Å²) < 4.78 is 0. The van der Waals surface area contributed by atoms with Gasteiger partial charge >= 0.3 is 0 Å². The molecule has 80 valence electrons. The molecular formula is C10H22O3. The van der Waals surface area contributed by atoms with Gasteiger partial charge in [-0.1, -0.05) is 39.0 Å². The van der Waals surface area contributed by atoms with Crippen molar-refractivity contribution < 1.29 is 15.3 Å². The molecule has 0 aromatic rings. The first-order valence-corrected chi connectivity index (χ1v) is 5.19. The third-order valence-electron chi connectivity index (χ3n) is 2.23. The van der Waals surface area contributed by atoms with E-state index >= 15 is 0 Å². The van der Waals surface area contributed by atoms with Gasteiger partial charge in [0.25, 0.3) is 0 Å². The molecule has 0 fully saturated rings. The van der Waals surface area contributed by atoms with Crippen molar-refractivity contribution in [1.82, 2.24) is 0 Å². The first-order chi connectivity index (χ1) is 6.22. The third-order valence-corrected chi connectivity index (χ3v) is 2.23. The first-order valence-electron chi connectivity index (χ1n) is 5.19. The molecule has 0 bridgehead atoms. The van der Waals surface area contributed by atoms with Crippen LogP contribution in [-0.2, 0) is 0 Å². The van der Waals surface area contributed by atoms with Gasteiger partial charge in [0.2, 0.25) is 0 Å². The molecule has 0 unspecified atom stereocenters. The number of rotatable bonds is 8. The summed E-state index contributed by atoms with van der Waals surface area (Å²) >= 11 is 0. The van der Waals surface area contributed by atoms with Gasteiger partial charge in [0.15, 0.2) is 0 Å². The molecule has 0 saturated carbocycles. The summed E-state index contributed by atoms with van der Waals surface area (Å²) in [5, 5.41) is 26.8. The van der Waals surface area contributed by atoms with Crippen molar-refractivity contribution in [3.8, 4) is 0 Å². The van der Waals surface area contributed by atoms with E-state index in [4.69, 9.17) is 10.2 Å². The maximum absolute atomic E-state index is 9.26. The molecule has 0 aliphatic carbocycles. The highest BCUT2D eigenvalue weighted by atomic mass is 16.4. The monoisotopic (exact) mass is 190 g/mol. The molecule has 2 atom stereocenters. The average Bonchev–Trinajstić information content (AvgIpc) is 2.16. The lowest BCUT2D eigenvalue weighted by Gasteiger charge is -2.14. The molecule has 0 aliphatic rings. The number of unbranched alkanes of at least 4 members (excludes halogenated alkanes) is 4. The molecule has 0 radical (unpaired) electrons. The Bertz CT molecular complexity index is 106. The van der Waals surface area contributed by atoms with E-state index in [1.54, 1.807) is 0 Å². The summed E-state index contributed by atoms with van der Waals surface area (Å²) in [5.41, 5.74) is 0. The Morgan fingerprint density at radius 3 is 2.08 bits per heavy atom. The van der Waals surface area contributed by atoms with Crippen LogP contribution in [0, 0.1) is 0 Å². The predicted octanol–water partition coefficient (Wildman–Crippen LogP) is 1.06. The Morgan fingerprint density at radius 2 is 1.54 bits per heavy atom. The normalized spacial score (nSPS) is 15.7. The molecule has 0 saturated heterocycles. The van der Waals surface area contributed by atoms with Gasteiger partial charge in [-0.15, -0.1) is 0 Å². The minimum absolute atomic E-state index is 0.351. The molecule has 3 N–H and O–H groups in total. The van der Waals surface area contributed by atoms with E-state index in [9.17, 15) is 5.11 Å². The van der Waals surface area contributed by atoms with Crippen LogP contribution in [0.1, 0.15) is 45.4 Å². The maximum Gasteiger partial charge on any atom is 0.103 e. The van der Waals surface area contributed by atoms with Crippen molar-refractivity contribution in [3.63, 3.8) is 0 Å². The summed E-state index contributed by atoms with van der Waals surface area (Å²) in [6.07, 6.45) is 4.53. The third kappa shape index (κ3) is 6.99. The van der Waals surface area contributed by atoms with E-state index in [-0.39, 0.29) is 6.61 Å². The van der Waals surface area contributed by atoms with Crippen molar-refractivity contribution >= 4 is 0 Å². The summed E-state index contributed by atoms with van der Waals surface area (Å²) in [5.74, 6) is 0. The zero-order valence-electron chi connectivity index (χ0n) is 8.45. The van der Waals surface area contributed by atoms with Crippen molar-refractivity contribution in [2.45, 2.75) is 57.7 Å². The van der Waals surface area contributed by atoms with Crippen LogP contribution in [0.4, 0.5) is 0 Å². The zero-order chi connectivity index (χ0) is 10.1. The van der Waals surface area contributed by atoms with Crippen LogP contribution in [0.3, 0.4) is 0 Å². The molecule has 0 aromatic heterocycles. The lowest BCUT2D eigenvalue weighted by Crippen LogP contribution is -2.28. The van der Waals surface area contributed by atoms with Gasteiger partial charge in [-0.25, -0.2) is 0 Å². The average molecular weight is 190 g/mol. The van der Waals surface area contributed by atoms with Crippen molar-refractivity contribution in [2.75, 3.05) is 6.61 Å². The zero-order valence-corrected chi connectivity index (χ0v) is 8.45. The van der Waals surface area contributed by atoms with Crippen LogP contribution in [0.25, 0.3) is 0 Å². The van der Waals surface area contributed by atoms with Crippen molar-refractivity contribution in [3.05, 3.63) is 0 Å². The molecule has 0 amide bonds. The fourth-order valence-electron chi connectivity index (χ4n) is 1.27. The van der Waals surface area contributed by atoms with E-state index in [1.165, 1.54) is 19.3 Å². The second-order valence-corrected chi connectivity index (χ2v) is 3.52. The van der Waals surface area contributed by atoms with Gasteiger partial charge in [-0.2, -0.15) is 0 Å². The maximum atomic E-state index is 9.26. The molecule has 0 aromatic carbocycles. The van der Waals surface area contributed by atoms with Gasteiger partial charge in [0.1, 0.15) is 6.10 Å². The van der Waals surface area contributed by atoms with E-state index < -0.39 is 12.2 Å². The Balaban J connectivity index is 3.21. The lowest BCUT2D eigenvalue weighted by molar-refractivity contribution is -0.0185. The van der Waals surface area contributed by atoms with Gasteiger partial charge in [-0.05, 0) is 6.42 Å². The Hall–Kier alpha value is -0.120. The van der Waals surface area contributed by atoms with E-state index in [0.717, 1.165) is 12.8 Å². The molecular weight excluding hydrogens is 168 g/mol. The number of hydrogen-bond donors (Lipinski definition) is 3. The standard InChI is InChI=1S/C10H22O3/c1-2-3-4-5-6-7-9(12)10(13)8-11/h9-13H,2-8H2,1H3/t9-,10+/m0/s1. The van der Waals surface area contributed by atoms with E-state index in [0.29, 0.717) is 6.42 Å². The van der Waals surface area contributed by atoms with Gasteiger partial charge < -0.3 is 15.3 Å². The summed E-state index contributed by atoms with van der Waals surface area (Å²) in [6.45, 7) is 1.81. The molecule has 0 spiro atoms. The molecule has 13 heavy (non-hydrogen) atoms. The minimum atomic E-state index is -0.967. The highest BCUT2D eigenvalue weighted by Gasteiger charge is 2.13. The minimum Gasteiger partial charge on any atom is -0.394 e. The van der Waals surface area contributed by atoms with Crippen molar-refractivity contribution in [2.24, 2.45) is 0 Å². The highest BCUT2D eigenvalue weighted by Crippen LogP contribution is 2.09. The largest absolute Gasteiger partial charge is 0.394 e. The van der Waals surface area contributed by atoms with Gasteiger partial charge in [0.05, 0.1) is 12.7 Å². The first kappa shape index (κ1) is 12.9. The SMILES string of the molecule is CCCCCCC[C@H](O)[C@H](O)CO. The van der Waals surface area contributed by atoms with Crippen LogP contribution in [0.5, 0.6) is 0 Å². The smallest absolute Gasteiger partial charge is 0.103 e. The topological polar surface area (TPSA) is 60.7 Å². The van der Waals surface area contributed by atoms with E-state index in [1.807, 2.05) is 0 Å². The molecule has 0 aliphatic heterocycles. The summed E-state index contributed by atoms with van der Waals surface area (Å²) in [4.78, 5) is 0. The fraction of sp³-hybridized carbons (Fsp3) is 1.00. The Kier molecular flexibility index (Phi) is 8.40. The predicted molar refractivity (Wildman–Crippen MR) is 52.5 cm³/mol. The summed E-state index contributed by atoms with van der Waals surface area (Å²) in [6, 6.07) is 0. The van der Waals surface area contributed by atoms with Crippen LogP contribution in [-0.4, -0.2) is 34.1 Å². The Labute approximate surface area is 80.4 Å². The van der Waals surface area contributed by atoms with Gasteiger partial charge in [-0.3, -0.25) is 0 Å². The van der Waals surface area contributed by atoms with Crippen LogP contribution < -0.4 is 0 Å². The molecule has 0 rings (SSSR count). The lowest BCUT2D eigenvalue weighted by atomic mass is 10.1. The van der Waals surface area contributed by atoms with Crippen LogP contribution >= 0.6 is 0 Å². The molecule has 3 heteroatoms. The molecule has 3 nitrogen and oxygen atoms in total. The quantitative estimate of drug-likeness (QED) is 0.502. The number of aliphatic hydroxyl groups excluding tert-OH is 3. The fourth-order valence-corrected chi connectivity index (χ4v) is 1.27. The van der Waals surface area contributed by atoms with Crippen LogP contribution in [0.2, 0.25) is 0 Å². The van der Waals surface area contributed by atoms with Crippen molar-refractivity contribution in [1.29, 1.82) is 0 Å².